The van der Waals surface area contributed by atoms with Crippen LogP contribution in [0.1, 0.15) is 42.3 Å². The van der Waals surface area contributed by atoms with Gasteiger partial charge >= 0.3 is 0 Å². The minimum atomic E-state index is -0.675. The van der Waals surface area contributed by atoms with Gasteiger partial charge in [-0.1, -0.05) is 42.5 Å². The van der Waals surface area contributed by atoms with Crippen LogP contribution >= 0.6 is 0 Å². The van der Waals surface area contributed by atoms with E-state index in [2.05, 4.69) is 28.6 Å². The molecule has 25 heavy (non-hydrogen) atoms. The third kappa shape index (κ3) is 2.79. The highest BCUT2D eigenvalue weighted by atomic mass is 19.1. The molecule has 4 heteroatoms. The largest absolute Gasteiger partial charge is 0.388 e. The number of hydrogen-bond donors (Lipinski definition) is 1. The SMILES string of the molecule is CC1=C(c2ccccc2)C(CC(O)c2ccc(F)cc2)n2cncc21. The Balaban J connectivity index is 1.70. The van der Waals surface area contributed by atoms with E-state index in [4.69, 9.17) is 0 Å². The van der Waals surface area contributed by atoms with Gasteiger partial charge in [0.2, 0.25) is 0 Å². The first kappa shape index (κ1) is 15.8. The summed E-state index contributed by atoms with van der Waals surface area (Å²) in [5.41, 5.74) is 5.34. The van der Waals surface area contributed by atoms with Gasteiger partial charge in [0.25, 0.3) is 0 Å². The van der Waals surface area contributed by atoms with Crippen molar-refractivity contribution in [2.75, 3.05) is 0 Å². The summed E-state index contributed by atoms with van der Waals surface area (Å²) in [6.07, 6.45) is 3.51. The van der Waals surface area contributed by atoms with Crippen LogP contribution in [0.5, 0.6) is 0 Å². The van der Waals surface area contributed by atoms with E-state index in [-0.39, 0.29) is 11.9 Å². The van der Waals surface area contributed by atoms with Crippen LogP contribution in [0.3, 0.4) is 0 Å². The highest BCUT2D eigenvalue weighted by Gasteiger charge is 2.31. The van der Waals surface area contributed by atoms with E-state index < -0.39 is 6.10 Å². The molecular weight excluding hydrogens is 315 g/mol. The summed E-state index contributed by atoms with van der Waals surface area (Å²) in [4.78, 5) is 4.26. The number of nitrogens with zero attached hydrogens (tertiary/aromatic N) is 2. The predicted molar refractivity (Wildman–Crippen MR) is 96.2 cm³/mol. The predicted octanol–water partition coefficient (Wildman–Crippen LogP) is 4.63. The standard InChI is InChI=1S/C21H19FN2O/c1-14-19-12-23-13-24(19)18(21(14)16-5-3-2-4-6-16)11-20(25)15-7-9-17(22)10-8-15/h2-10,12-13,18,20,25H,11H2,1H3. The molecule has 2 heterocycles. The van der Waals surface area contributed by atoms with Crippen molar-refractivity contribution in [3.63, 3.8) is 0 Å². The Bertz CT molecular complexity index is 913. The fourth-order valence-electron chi connectivity index (χ4n) is 3.66. The van der Waals surface area contributed by atoms with Gasteiger partial charge in [0.05, 0.1) is 30.4 Å². The van der Waals surface area contributed by atoms with Crippen molar-refractivity contribution in [2.45, 2.75) is 25.5 Å². The Hall–Kier alpha value is -2.72. The minimum absolute atomic E-state index is 0.0000435. The van der Waals surface area contributed by atoms with Crippen molar-refractivity contribution in [1.82, 2.24) is 9.55 Å². The first-order valence-corrected chi connectivity index (χ1v) is 8.37. The Morgan fingerprint density at radius 2 is 1.84 bits per heavy atom. The summed E-state index contributed by atoms with van der Waals surface area (Å²) in [7, 11) is 0. The molecule has 1 N–H and O–H groups in total. The van der Waals surface area contributed by atoms with Crippen molar-refractivity contribution in [1.29, 1.82) is 0 Å². The summed E-state index contributed by atoms with van der Waals surface area (Å²) < 4.78 is 15.3. The molecule has 1 aliphatic heterocycles. The van der Waals surface area contributed by atoms with Gasteiger partial charge in [-0.25, -0.2) is 9.37 Å². The van der Waals surface area contributed by atoms with E-state index in [0.717, 1.165) is 16.8 Å². The van der Waals surface area contributed by atoms with E-state index >= 15 is 0 Å². The van der Waals surface area contributed by atoms with E-state index in [1.807, 2.05) is 30.7 Å². The molecule has 2 unspecified atom stereocenters. The molecule has 2 aromatic carbocycles. The molecule has 3 nitrogen and oxygen atoms in total. The average Bonchev–Trinajstić information content (AvgIpc) is 3.20. The summed E-state index contributed by atoms with van der Waals surface area (Å²) >= 11 is 0. The number of rotatable bonds is 4. The third-order valence-electron chi connectivity index (χ3n) is 4.91. The second-order valence-electron chi connectivity index (χ2n) is 6.41. The molecule has 0 fully saturated rings. The number of hydrogen-bond acceptors (Lipinski definition) is 2. The number of imidazole rings is 1. The zero-order valence-electron chi connectivity index (χ0n) is 13.9. The van der Waals surface area contributed by atoms with Crippen LogP contribution in [0.15, 0.2) is 67.1 Å². The van der Waals surface area contributed by atoms with Crippen molar-refractivity contribution in [2.24, 2.45) is 0 Å². The minimum Gasteiger partial charge on any atom is -0.388 e. The van der Waals surface area contributed by atoms with Crippen LogP contribution < -0.4 is 0 Å². The molecule has 1 aromatic heterocycles. The van der Waals surface area contributed by atoms with Crippen molar-refractivity contribution < 1.29 is 9.50 Å². The van der Waals surface area contributed by atoms with Crippen molar-refractivity contribution in [3.8, 4) is 0 Å². The molecule has 126 valence electrons. The monoisotopic (exact) mass is 334 g/mol. The fraction of sp³-hybridized carbons (Fsp3) is 0.190. The van der Waals surface area contributed by atoms with E-state index in [0.29, 0.717) is 6.42 Å². The number of allylic oxidation sites excluding steroid dienone is 2. The smallest absolute Gasteiger partial charge is 0.123 e. The van der Waals surface area contributed by atoms with Crippen LogP contribution in [-0.4, -0.2) is 14.7 Å². The molecule has 0 radical (unpaired) electrons. The van der Waals surface area contributed by atoms with Crippen LogP contribution in [-0.2, 0) is 0 Å². The molecule has 0 saturated carbocycles. The maximum Gasteiger partial charge on any atom is 0.123 e. The van der Waals surface area contributed by atoms with Crippen LogP contribution in [0.2, 0.25) is 0 Å². The quantitative estimate of drug-likeness (QED) is 0.755. The fourth-order valence-corrected chi connectivity index (χ4v) is 3.66. The van der Waals surface area contributed by atoms with Gasteiger partial charge in [0.15, 0.2) is 0 Å². The van der Waals surface area contributed by atoms with E-state index in [1.165, 1.54) is 23.3 Å². The van der Waals surface area contributed by atoms with Gasteiger partial charge < -0.3 is 9.67 Å². The Morgan fingerprint density at radius 3 is 2.56 bits per heavy atom. The molecule has 0 spiro atoms. The average molecular weight is 334 g/mol. The van der Waals surface area contributed by atoms with Crippen molar-refractivity contribution >= 4 is 11.1 Å². The maximum atomic E-state index is 13.1. The molecule has 2 atom stereocenters. The summed E-state index contributed by atoms with van der Waals surface area (Å²) in [5, 5.41) is 10.7. The normalized spacial score (nSPS) is 17.6. The lowest BCUT2D eigenvalue weighted by atomic mass is 9.91. The highest BCUT2D eigenvalue weighted by Crippen LogP contribution is 2.45. The van der Waals surface area contributed by atoms with E-state index in [1.54, 1.807) is 12.1 Å². The summed E-state index contributed by atoms with van der Waals surface area (Å²) in [6.45, 7) is 2.10. The summed E-state index contributed by atoms with van der Waals surface area (Å²) in [5.74, 6) is -0.297. The molecule has 1 aliphatic rings. The lowest BCUT2D eigenvalue weighted by Gasteiger charge is -2.22. The van der Waals surface area contributed by atoms with Crippen LogP contribution in [0.4, 0.5) is 4.39 Å². The lowest BCUT2D eigenvalue weighted by molar-refractivity contribution is 0.155. The van der Waals surface area contributed by atoms with Gasteiger partial charge in [0.1, 0.15) is 5.82 Å². The maximum absolute atomic E-state index is 13.1. The summed E-state index contributed by atoms with van der Waals surface area (Å²) in [6, 6.07) is 16.3. The second kappa shape index (κ2) is 6.30. The Kier molecular flexibility index (Phi) is 3.98. The van der Waals surface area contributed by atoms with E-state index in [9.17, 15) is 9.50 Å². The highest BCUT2D eigenvalue weighted by molar-refractivity contribution is 5.93. The lowest BCUT2D eigenvalue weighted by Crippen LogP contribution is -2.12. The Morgan fingerprint density at radius 1 is 1.12 bits per heavy atom. The number of aliphatic hydroxyl groups excluding tert-OH is 1. The number of fused-ring (bicyclic) bond motifs is 1. The topological polar surface area (TPSA) is 38.0 Å². The number of aromatic nitrogens is 2. The number of aliphatic hydroxyl groups is 1. The molecule has 4 rings (SSSR count). The molecular formula is C21H19FN2O. The molecule has 3 aromatic rings. The second-order valence-corrected chi connectivity index (χ2v) is 6.41. The molecule has 0 aliphatic carbocycles. The first-order valence-electron chi connectivity index (χ1n) is 8.37. The first-order chi connectivity index (χ1) is 12.1. The number of benzene rings is 2. The third-order valence-corrected chi connectivity index (χ3v) is 4.91. The van der Waals surface area contributed by atoms with Crippen molar-refractivity contribution in [3.05, 3.63) is 89.8 Å². The molecule has 0 bridgehead atoms. The zero-order chi connectivity index (χ0) is 17.4. The van der Waals surface area contributed by atoms with Gasteiger partial charge in [0, 0.05) is 6.42 Å². The van der Waals surface area contributed by atoms with Gasteiger partial charge in [-0.2, -0.15) is 0 Å². The van der Waals surface area contributed by atoms with Gasteiger partial charge in [-0.05, 0) is 41.3 Å². The van der Waals surface area contributed by atoms with Gasteiger partial charge in [-0.15, -0.1) is 0 Å². The Labute approximate surface area is 146 Å². The zero-order valence-corrected chi connectivity index (χ0v) is 13.9. The van der Waals surface area contributed by atoms with Gasteiger partial charge in [-0.3, -0.25) is 0 Å². The molecule has 0 amide bonds. The molecule has 0 saturated heterocycles. The van der Waals surface area contributed by atoms with Crippen LogP contribution in [0.25, 0.3) is 11.1 Å². The van der Waals surface area contributed by atoms with Crippen LogP contribution in [0, 0.1) is 5.82 Å². The number of halogens is 1.